The summed E-state index contributed by atoms with van der Waals surface area (Å²) in [6.45, 7) is 9.95. The maximum Gasteiger partial charge on any atom is 0.323 e. The van der Waals surface area contributed by atoms with E-state index in [1.807, 2.05) is 13.8 Å². The molecule has 1 aromatic heterocycles. The normalized spacial score (nSPS) is 18.2. The average Bonchev–Trinajstić information content (AvgIpc) is 2.36. The van der Waals surface area contributed by atoms with Crippen LogP contribution >= 0.6 is 0 Å². The van der Waals surface area contributed by atoms with Crippen molar-refractivity contribution in [2.45, 2.75) is 39.3 Å². The van der Waals surface area contributed by atoms with Crippen LogP contribution in [-0.2, 0) is 4.74 Å². The van der Waals surface area contributed by atoms with Crippen molar-refractivity contribution in [1.29, 1.82) is 0 Å². The van der Waals surface area contributed by atoms with Crippen LogP contribution in [0.4, 0.5) is 11.9 Å². The Morgan fingerprint density at radius 2 is 2.10 bits per heavy atom. The van der Waals surface area contributed by atoms with Gasteiger partial charge in [-0.3, -0.25) is 5.43 Å². The van der Waals surface area contributed by atoms with Crippen molar-refractivity contribution in [2.24, 2.45) is 5.84 Å². The zero-order valence-corrected chi connectivity index (χ0v) is 12.4. The quantitative estimate of drug-likeness (QED) is 0.610. The number of nitrogens with zero attached hydrogens (tertiary/aromatic N) is 4. The van der Waals surface area contributed by atoms with Crippen LogP contribution in [0.5, 0.6) is 6.01 Å². The van der Waals surface area contributed by atoms with Crippen molar-refractivity contribution in [3.63, 3.8) is 0 Å². The Hall–Kier alpha value is -1.67. The van der Waals surface area contributed by atoms with E-state index in [1.165, 1.54) is 0 Å². The van der Waals surface area contributed by atoms with E-state index < -0.39 is 0 Å². The van der Waals surface area contributed by atoms with Crippen LogP contribution in [0.3, 0.4) is 0 Å². The maximum atomic E-state index is 5.54. The molecule has 3 N–H and O–H groups in total. The van der Waals surface area contributed by atoms with Crippen LogP contribution in [0.2, 0.25) is 0 Å². The van der Waals surface area contributed by atoms with E-state index >= 15 is 0 Å². The standard InChI is InChI=1S/C12H22N6O2/c1-8(2)20-11-15-9(17-13)14-10(16-11)18-5-6-19-7-12(18,3)4/h8H,5-7,13H2,1-4H3,(H,14,15,16,17). The van der Waals surface area contributed by atoms with Gasteiger partial charge < -0.3 is 14.4 Å². The molecule has 20 heavy (non-hydrogen) atoms. The number of ether oxygens (including phenoxy) is 2. The summed E-state index contributed by atoms with van der Waals surface area (Å²) in [4.78, 5) is 14.9. The van der Waals surface area contributed by atoms with E-state index in [2.05, 4.69) is 39.1 Å². The fourth-order valence-electron chi connectivity index (χ4n) is 2.02. The third-order valence-corrected chi connectivity index (χ3v) is 2.96. The first-order chi connectivity index (χ1) is 9.42. The highest BCUT2D eigenvalue weighted by Crippen LogP contribution is 2.25. The van der Waals surface area contributed by atoms with Gasteiger partial charge in [0.15, 0.2) is 0 Å². The number of aromatic nitrogens is 3. The molecule has 0 spiro atoms. The predicted molar refractivity (Wildman–Crippen MR) is 75.6 cm³/mol. The highest BCUT2D eigenvalue weighted by Gasteiger charge is 2.33. The van der Waals surface area contributed by atoms with Crippen molar-refractivity contribution in [1.82, 2.24) is 15.0 Å². The number of hydrogen-bond acceptors (Lipinski definition) is 8. The topological polar surface area (TPSA) is 98.4 Å². The van der Waals surface area contributed by atoms with Crippen LogP contribution in [-0.4, -0.2) is 46.4 Å². The van der Waals surface area contributed by atoms with Crippen molar-refractivity contribution in [3.8, 4) is 6.01 Å². The van der Waals surface area contributed by atoms with Crippen LogP contribution in [0.15, 0.2) is 0 Å². The molecule has 1 aliphatic rings. The second-order valence-electron chi connectivity index (χ2n) is 5.57. The fraction of sp³-hybridized carbons (Fsp3) is 0.750. The lowest BCUT2D eigenvalue weighted by Gasteiger charge is -2.42. The summed E-state index contributed by atoms with van der Waals surface area (Å²) in [6, 6.07) is 0.264. The minimum Gasteiger partial charge on any atom is -0.461 e. The van der Waals surface area contributed by atoms with Crippen LogP contribution in [0, 0.1) is 0 Å². The van der Waals surface area contributed by atoms with E-state index in [0.29, 0.717) is 25.7 Å². The van der Waals surface area contributed by atoms with Gasteiger partial charge in [0.25, 0.3) is 0 Å². The van der Waals surface area contributed by atoms with E-state index in [1.54, 1.807) is 0 Å². The lowest BCUT2D eigenvalue weighted by molar-refractivity contribution is 0.0632. The van der Waals surface area contributed by atoms with E-state index in [0.717, 1.165) is 0 Å². The molecular weight excluding hydrogens is 260 g/mol. The second kappa shape index (κ2) is 5.76. The molecule has 112 valence electrons. The summed E-state index contributed by atoms with van der Waals surface area (Å²) in [7, 11) is 0. The Morgan fingerprint density at radius 1 is 1.35 bits per heavy atom. The molecule has 1 fully saturated rings. The maximum absolute atomic E-state index is 5.54. The van der Waals surface area contributed by atoms with Gasteiger partial charge in [-0.15, -0.1) is 0 Å². The molecule has 0 atom stereocenters. The highest BCUT2D eigenvalue weighted by molar-refractivity contribution is 5.41. The van der Waals surface area contributed by atoms with Gasteiger partial charge in [-0.1, -0.05) is 0 Å². The van der Waals surface area contributed by atoms with Crippen LogP contribution in [0.25, 0.3) is 0 Å². The number of anilines is 2. The molecule has 2 heterocycles. The molecule has 8 nitrogen and oxygen atoms in total. The number of nitrogen functional groups attached to an aromatic ring is 1. The number of rotatable bonds is 4. The van der Waals surface area contributed by atoms with Gasteiger partial charge in [-0.05, 0) is 27.7 Å². The Kier molecular flexibility index (Phi) is 4.24. The van der Waals surface area contributed by atoms with E-state index in [-0.39, 0.29) is 23.6 Å². The fourth-order valence-corrected chi connectivity index (χ4v) is 2.02. The van der Waals surface area contributed by atoms with Crippen LogP contribution in [0.1, 0.15) is 27.7 Å². The Balaban J connectivity index is 2.34. The molecule has 0 radical (unpaired) electrons. The molecule has 2 rings (SSSR count). The van der Waals surface area contributed by atoms with Gasteiger partial charge in [0.2, 0.25) is 11.9 Å². The van der Waals surface area contributed by atoms with Crippen molar-refractivity contribution in [2.75, 3.05) is 30.1 Å². The lowest BCUT2D eigenvalue weighted by atomic mass is 10.0. The van der Waals surface area contributed by atoms with Gasteiger partial charge in [-0.2, -0.15) is 15.0 Å². The smallest absolute Gasteiger partial charge is 0.323 e. The number of nitrogens with one attached hydrogen (secondary N) is 1. The van der Waals surface area contributed by atoms with E-state index in [9.17, 15) is 0 Å². The number of nitrogens with two attached hydrogens (primary N) is 1. The first-order valence-corrected chi connectivity index (χ1v) is 6.67. The average molecular weight is 282 g/mol. The van der Waals surface area contributed by atoms with Crippen molar-refractivity contribution >= 4 is 11.9 Å². The molecule has 1 saturated heterocycles. The minimum atomic E-state index is -0.194. The molecule has 0 aromatic carbocycles. The summed E-state index contributed by atoms with van der Waals surface area (Å²) in [6.07, 6.45) is -0.0198. The largest absolute Gasteiger partial charge is 0.461 e. The van der Waals surface area contributed by atoms with Crippen molar-refractivity contribution < 1.29 is 9.47 Å². The Bertz CT molecular complexity index is 465. The molecule has 0 bridgehead atoms. The highest BCUT2D eigenvalue weighted by atomic mass is 16.5. The third-order valence-electron chi connectivity index (χ3n) is 2.96. The van der Waals surface area contributed by atoms with Gasteiger partial charge in [0.1, 0.15) is 0 Å². The van der Waals surface area contributed by atoms with Crippen LogP contribution < -0.4 is 20.9 Å². The minimum absolute atomic E-state index is 0.0198. The van der Waals surface area contributed by atoms with E-state index in [4.69, 9.17) is 15.3 Å². The molecule has 0 amide bonds. The lowest BCUT2D eigenvalue weighted by Crippen LogP contribution is -2.54. The summed E-state index contributed by atoms with van der Waals surface area (Å²) in [5.74, 6) is 6.24. The third kappa shape index (κ3) is 3.26. The summed E-state index contributed by atoms with van der Waals surface area (Å²) < 4.78 is 11.0. The first-order valence-electron chi connectivity index (χ1n) is 6.67. The zero-order chi connectivity index (χ0) is 14.8. The Labute approximate surface area is 118 Å². The summed E-state index contributed by atoms with van der Waals surface area (Å²) in [5, 5.41) is 0. The molecule has 0 aliphatic carbocycles. The zero-order valence-electron chi connectivity index (χ0n) is 12.4. The van der Waals surface area contributed by atoms with Crippen molar-refractivity contribution in [3.05, 3.63) is 0 Å². The van der Waals surface area contributed by atoms with Gasteiger partial charge in [0.05, 0.1) is 24.9 Å². The van der Waals surface area contributed by atoms with Gasteiger partial charge >= 0.3 is 6.01 Å². The summed E-state index contributed by atoms with van der Waals surface area (Å²) in [5.41, 5.74) is 2.25. The predicted octanol–water partition coefficient (Wildman–Crippen LogP) is 0.560. The number of hydrogen-bond donors (Lipinski definition) is 2. The SMILES string of the molecule is CC(C)Oc1nc(NN)nc(N2CCOCC2(C)C)n1. The van der Waals surface area contributed by atoms with Gasteiger partial charge in [0, 0.05) is 6.54 Å². The Morgan fingerprint density at radius 3 is 2.70 bits per heavy atom. The molecule has 1 aliphatic heterocycles. The first kappa shape index (κ1) is 14.7. The molecule has 8 heteroatoms. The second-order valence-corrected chi connectivity index (χ2v) is 5.57. The number of morpholine rings is 1. The monoisotopic (exact) mass is 282 g/mol. The molecule has 1 aromatic rings. The van der Waals surface area contributed by atoms with Gasteiger partial charge in [-0.25, -0.2) is 5.84 Å². The molecule has 0 saturated carbocycles. The molecular formula is C12H22N6O2. The molecule has 0 unspecified atom stereocenters. The summed E-state index contributed by atoms with van der Waals surface area (Å²) >= 11 is 0. The number of hydrazine groups is 1.